The molecule has 2 fully saturated rings. The van der Waals surface area contributed by atoms with Crippen LogP contribution in [0.25, 0.3) is 0 Å². The summed E-state index contributed by atoms with van der Waals surface area (Å²) in [5, 5.41) is 0. The summed E-state index contributed by atoms with van der Waals surface area (Å²) in [6.45, 7) is 0.698. The van der Waals surface area contributed by atoms with Gasteiger partial charge in [0.05, 0.1) is 12.5 Å². The molecular formula is C5H6O2. The Morgan fingerprint density at radius 3 is 2.71 bits per heavy atom. The van der Waals surface area contributed by atoms with E-state index in [1.54, 1.807) is 0 Å². The SMILES string of the molecule is O=C1OCC2CC12. The molecule has 0 radical (unpaired) electrons. The van der Waals surface area contributed by atoms with Crippen molar-refractivity contribution in [2.75, 3.05) is 6.61 Å². The number of hydrogen-bond donors (Lipinski definition) is 0. The Morgan fingerprint density at radius 1 is 1.71 bits per heavy atom. The lowest BCUT2D eigenvalue weighted by Gasteiger charge is -1.89. The first-order valence-corrected chi connectivity index (χ1v) is 2.54. The van der Waals surface area contributed by atoms with Crippen LogP contribution in [0.3, 0.4) is 0 Å². The molecular weight excluding hydrogens is 92.1 g/mol. The second-order valence-corrected chi connectivity index (χ2v) is 2.23. The van der Waals surface area contributed by atoms with E-state index < -0.39 is 0 Å². The fourth-order valence-corrected chi connectivity index (χ4v) is 1.02. The van der Waals surface area contributed by atoms with Gasteiger partial charge in [0.15, 0.2) is 0 Å². The summed E-state index contributed by atoms with van der Waals surface area (Å²) in [5.74, 6) is 0.970. The Hall–Kier alpha value is -0.530. The van der Waals surface area contributed by atoms with E-state index in [-0.39, 0.29) is 5.97 Å². The topological polar surface area (TPSA) is 26.3 Å². The maximum absolute atomic E-state index is 10.4. The molecule has 2 rings (SSSR count). The standard InChI is InChI=1S/C5H6O2/c6-5-4-1-3(4)2-7-5/h3-4H,1-2H2. The highest BCUT2D eigenvalue weighted by molar-refractivity contribution is 5.78. The maximum Gasteiger partial charge on any atom is 0.309 e. The monoisotopic (exact) mass is 98.0 g/mol. The van der Waals surface area contributed by atoms with E-state index in [1.165, 1.54) is 0 Å². The van der Waals surface area contributed by atoms with Gasteiger partial charge in [-0.25, -0.2) is 0 Å². The molecule has 0 bridgehead atoms. The first-order valence-electron chi connectivity index (χ1n) is 2.54. The normalized spacial score (nSPS) is 45.4. The summed E-state index contributed by atoms with van der Waals surface area (Å²) in [5.41, 5.74) is 0. The Bertz CT molecular complexity index is 119. The van der Waals surface area contributed by atoms with Crippen molar-refractivity contribution < 1.29 is 9.53 Å². The molecule has 2 unspecified atom stereocenters. The average molecular weight is 98.1 g/mol. The molecule has 0 aromatic heterocycles. The first kappa shape index (κ1) is 3.47. The molecule has 0 N–H and O–H groups in total. The van der Waals surface area contributed by atoms with Gasteiger partial charge in [0.25, 0.3) is 0 Å². The molecule has 1 saturated heterocycles. The summed E-state index contributed by atoms with van der Waals surface area (Å²) in [6, 6.07) is 0. The van der Waals surface area contributed by atoms with Crippen molar-refractivity contribution in [3.8, 4) is 0 Å². The van der Waals surface area contributed by atoms with Gasteiger partial charge in [-0.15, -0.1) is 0 Å². The number of rotatable bonds is 0. The van der Waals surface area contributed by atoms with Crippen molar-refractivity contribution in [2.45, 2.75) is 6.42 Å². The molecule has 2 aliphatic rings. The van der Waals surface area contributed by atoms with Crippen molar-refractivity contribution in [2.24, 2.45) is 11.8 Å². The van der Waals surface area contributed by atoms with Gasteiger partial charge in [-0.1, -0.05) is 0 Å². The predicted molar refractivity (Wildman–Crippen MR) is 22.6 cm³/mol. The molecule has 1 aliphatic carbocycles. The van der Waals surface area contributed by atoms with Crippen LogP contribution in [0.4, 0.5) is 0 Å². The molecule has 38 valence electrons. The van der Waals surface area contributed by atoms with Crippen LogP contribution in [0.15, 0.2) is 0 Å². The van der Waals surface area contributed by atoms with Crippen molar-refractivity contribution in [3.63, 3.8) is 0 Å². The van der Waals surface area contributed by atoms with Crippen LogP contribution in [-0.4, -0.2) is 12.6 Å². The smallest absolute Gasteiger partial charge is 0.309 e. The highest BCUT2D eigenvalue weighted by atomic mass is 16.5. The van der Waals surface area contributed by atoms with Crippen molar-refractivity contribution >= 4 is 5.97 Å². The van der Waals surface area contributed by atoms with Gasteiger partial charge in [-0.3, -0.25) is 4.79 Å². The van der Waals surface area contributed by atoms with Crippen LogP contribution >= 0.6 is 0 Å². The Kier molecular flexibility index (Phi) is 0.412. The zero-order valence-corrected chi connectivity index (χ0v) is 3.89. The summed E-state index contributed by atoms with van der Waals surface area (Å²) in [6.07, 6.45) is 1.10. The van der Waals surface area contributed by atoms with Crippen LogP contribution in [0.2, 0.25) is 0 Å². The minimum Gasteiger partial charge on any atom is -0.465 e. The number of esters is 1. The zero-order chi connectivity index (χ0) is 4.85. The highest BCUT2D eigenvalue weighted by Gasteiger charge is 2.50. The molecule has 0 spiro atoms. The van der Waals surface area contributed by atoms with Gasteiger partial charge >= 0.3 is 5.97 Å². The lowest BCUT2D eigenvalue weighted by Crippen LogP contribution is -1.97. The van der Waals surface area contributed by atoms with Gasteiger partial charge in [0.1, 0.15) is 0 Å². The van der Waals surface area contributed by atoms with Crippen LogP contribution in [0.5, 0.6) is 0 Å². The van der Waals surface area contributed by atoms with Crippen molar-refractivity contribution in [3.05, 3.63) is 0 Å². The van der Waals surface area contributed by atoms with Crippen molar-refractivity contribution in [1.29, 1.82) is 0 Å². The van der Waals surface area contributed by atoms with Crippen LogP contribution in [-0.2, 0) is 9.53 Å². The summed E-state index contributed by atoms with van der Waals surface area (Å²) in [7, 11) is 0. The number of cyclic esters (lactones) is 1. The summed E-state index contributed by atoms with van der Waals surface area (Å²) < 4.78 is 4.68. The van der Waals surface area contributed by atoms with Gasteiger partial charge in [0, 0.05) is 5.92 Å². The van der Waals surface area contributed by atoms with Crippen molar-refractivity contribution in [1.82, 2.24) is 0 Å². The molecule has 1 saturated carbocycles. The number of hydrogen-bond acceptors (Lipinski definition) is 2. The van der Waals surface area contributed by atoms with Crippen LogP contribution in [0.1, 0.15) is 6.42 Å². The molecule has 1 aliphatic heterocycles. The lowest BCUT2D eigenvalue weighted by atomic mass is 10.4. The van der Waals surface area contributed by atoms with E-state index in [2.05, 4.69) is 4.74 Å². The summed E-state index contributed by atoms with van der Waals surface area (Å²) in [4.78, 5) is 10.4. The average Bonchev–Trinajstić information content (AvgIpc) is 2.33. The predicted octanol–water partition coefficient (Wildman–Crippen LogP) is 0.179. The van der Waals surface area contributed by atoms with Gasteiger partial charge < -0.3 is 4.74 Å². The van der Waals surface area contributed by atoms with Crippen LogP contribution in [0, 0.1) is 11.8 Å². The van der Waals surface area contributed by atoms with Gasteiger partial charge in [0.2, 0.25) is 0 Å². The van der Waals surface area contributed by atoms with E-state index in [1.807, 2.05) is 0 Å². The van der Waals surface area contributed by atoms with E-state index in [0.29, 0.717) is 18.4 Å². The molecule has 0 aromatic rings. The summed E-state index contributed by atoms with van der Waals surface area (Å²) >= 11 is 0. The third-order valence-corrected chi connectivity index (χ3v) is 1.67. The molecule has 2 heteroatoms. The number of carbonyl (C=O) groups is 1. The van der Waals surface area contributed by atoms with E-state index >= 15 is 0 Å². The highest BCUT2D eigenvalue weighted by Crippen LogP contribution is 2.44. The zero-order valence-electron chi connectivity index (χ0n) is 3.89. The largest absolute Gasteiger partial charge is 0.465 e. The molecule has 1 heterocycles. The molecule has 7 heavy (non-hydrogen) atoms. The third-order valence-electron chi connectivity index (χ3n) is 1.67. The molecule has 0 aromatic carbocycles. The fraction of sp³-hybridized carbons (Fsp3) is 0.800. The van der Waals surface area contributed by atoms with Crippen LogP contribution < -0.4 is 0 Å². The minimum atomic E-state index is 0.0324. The third kappa shape index (κ3) is 0.315. The van der Waals surface area contributed by atoms with Gasteiger partial charge in [-0.05, 0) is 6.42 Å². The minimum absolute atomic E-state index is 0.0324. The number of fused-ring (bicyclic) bond motifs is 1. The Morgan fingerprint density at radius 2 is 2.57 bits per heavy atom. The second kappa shape index (κ2) is 0.831. The number of carbonyl (C=O) groups excluding carboxylic acids is 1. The quantitative estimate of drug-likeness (QED) is 0.404. The van der Waals surface area contributed by atoms with E-state index in [4.69, 9.17) is 0 Å². The maximum atomic E-state index is 10.4. The fourth-order valence-electron chi connectivity index (χ4n) is 1.02. The molecule has 2 nitrogen and oxygen atoms in total. The number of ether oxygens (including phenoxy) is 1. The lowest BCUT2D eigenvalue weighted by molar-refractivity contribution is -0.140. The molecule has 2 atom stereocenters. The Labute approximate surface area is 41.5 Å². The second-order valence-electron chi connectivity index (χ2n) is 2.23. The Balaban J connectivity index is 2.21. The van der Waals surface area contributed by atoms with E-state index in [0.717, 1.165) is 6.42 Å². The molecule has 0 amide bonds. The van der Waals surface area contributed by atoms with E-state index in [9.17, 15) is 4.79 Å². The first-order chi connectivity index (χ1) is 3.38. The van der Waals surface area contributed by atoms with Gasteiger partial charge in [-0.2, -0.15) is 0 Å².